The van der Waals surface area contributed by atoms with E-state index in [0.29, 0.717) is 26.3 Å². The lowest BCUT2D eigenvalue weighted by molar-refractivity contribution is -0.137. The molecule has 0 atom stereocenters. The number of rotatable bonds is 5. The van der Waals surface area contributed by atoms with Crippen LogP contribution in [0.15, 0.2) is 24.3 Å². The molecule has 9 heteroatoms. The summed E-state index contributed by atoms with van der Waals surface area (Å²) in [5, 5.41) is 4.47. The van der Waals surface area contributed by atoms with Crippen LogP contribution in [-0.4, -0.2) is 41.2 Å². The van der Waals surface area contributed by atoms with Crippen LogP contribution in [-0.2, 0) is 36.8 Å². The first kappa shape index (κ1) is 20.7. The van der Waals surface area contributed by atoms with Gasteiger partial charge >= 0.3 is 6.18 Å². The van der Waals surface area contributed by atoms with E-state index in [-0.39, 0.29) is 0 Å². The second-order valence-corrected chi connectivity index (χ2v) is 9.05. The van der Waals surface area contributed by atoms with Crippen molar-refractivity contribution in [1.29, 1.82) is 0 Å². The van der Waals surface area contributed by atoms with E-state index in [1.54, 1.807) is 11.3 Å². The monoisotopic (exact) mass is 448 g/mol. The highest BCUT2D eigenvalue weighted by Crippen LogP contribution is 2.39. The standard InChI is InChI=1S/C22H23F3N4OS/c23-22(24,25)15-6-4-14(5-7-15)12-26-20-19-16-2-1-3-17(16)31-21(19)28-18(27-20)13-29-8-10-30-11-9-29/h4-7H,1-3,8-13H2,(H,26,27,28). The zero-order valence-electron chi connectivity index (χ0n) is 17.0. The molecular weight excluding hydrogens is 425 g/mol. The lowest BCUT2D eigenvalue weighted by atomic mass is 10.1. The number of ether oxygens (including phenoxy) is 1. The third-order valence-corrected chi connectivity index (χ3v) is 7.01. The lowest BCUT2D eigenvalue weighted by Crippen LogP contribution is -2.36. The Morgan fingerprint density at radius 2 is 1.84 bits per heavy atom. The van der Waals surface area contributed by atoms with E-state index in [2.05, 4.69) is 10.2 Å². The molecule has 31 heavy (non-hydrogen) atoms. The normalized spacial score (nSPS) is 17.3. The molecule has 1 aromatic carbocycles. The molecule has 2 aliphatic rings. The molecule has 3 aromatic rings. The fraction of sp³-hybridized carbons (Fsp3) is 0.455. The van der Waals surface area contributed by atoms with Gasteiger partial charge in [0.25, 0.3) is 0 Å². The molecule has 3 heterocycles. The van der Waals surface area contributed by atoms with Crippen LogP contribution in [0.2, 0.25) is 0 Å². The number of nitrogens with zero attached hydrogens (tertiary/aromatic N) is 3. The van der Waals surface area contributed by atoms with Crippen molar-refractivity contribution < 1.29 is 17.9 Å². The van der Waals surface area contributed by atoms with E-state index in [1.807, 2.05) is 0 Å². The van der Waals surface area contributed by atoms with Crippen molar-refractivity contribution in [3.63, 3.8) is 0 Å². The summed E-state index contributed by atoms with van der Waals surface area (Å²) in [6, 6.07) is 5.28. The van der Waals surface area contributed by atoms with Crippen molar-refractivity contribution in [2.24, 2.45) is 0 Å². The summed E-state index contributed by atoms with van der Waals surface area (Å²) in [7, 11) is 0. The molecule has 0 radical (unpaired) electrons. The van der Waals surface area contributed by atoms with Crippen LogP contribution in [0.4, 0.5) is 19.0 Å². The van der Waals surface area contributed by atoms with Crippen molar-refractivity contribution in [3.8, 4) is 0 Å². The molecule has 1 aliphatic heterocycles. The third-order valence-electron chi connectivity index (χ3n) is 5.82. The van der Waals surface area contributed by atoms with Crippen LogP contribution in [0, 0.1) is 0 Å². The summed E-state index contributed by atoms with van der Waals surface area (Å²) in [5.74, 6) is 1.55. The molecule has 0 spiro atoms. The molecule has 1 saturated heterocycles. The predicted molar refractivity (Wildman–Crippen MR) is 114 cm³/mol. The van der Waals surface area contributed by atoms with E-state index in [1.165, 1.54) is 22.6 Å². The highest BCUT2D eigenvalue weighted by molar-refractivity contribution is 7.19. The van der Waals surface area contributed by atoms with Crippen LogP contribution in [0.3, 0.4) is 0 Å². The van der Waals surface area contributed by atoms with E-state index < -0.39 is 11.7 Å². The summed E-state index contributed by atoms with van der Waals surface area (Å²) < 4.78 is 43.9. The van der Waals surface area contributed by atoms with Crippen LogP contribution in [0.1, 0.15) is 33.8 Å². The van der Waals surface area contributed by atoms with Crippen molar-refractivity contribution in [3.05, 3.63) is 51.7 Å². The van der Waals surface area contributed by atoms with Gasteiger partial charge in [0.05, 0.1) is 30.7 Å². The number of aryl methyl sites for hydroxylation is 2. The largest absolute Gasteiger partial charge is 0.416 e. The van der Waals surface area contributed by atoms with Gasteiger partial charge in [-0.15, -0.1) is 11.3 Å². The Kier molecular flexibility index (Phi) is 5.58. The topological polar surface area (TPSA) is 50.3 Å². The number of thiophene rings is 1. The number of nitrogens with one attached hydrogen (secondary N) is 1. The van der Waals surface area contributed by atoms with Crippen molar-refractivity contribution in [1.82, 2.24) is 14.9 Å². The summed E-state index contributed by atoms with van der Waals surface area (Å²) in [6.07, 6.45) is -1.08. The molecule has 0 unspecified atom stereocenters. The summed E-state index contributed by atoms with van der Waals surface area (Å²) in [6.45, 7) is 4.22. The minimum atomic E-state index is -4.32. The second-order valence-electron chi connectivity index (χ2n) is 7.96. The number of fused-ring (bicyclic) bond motifs is 3. The summed E-state index contributed by atoms with van der Waals surface area (Å²) in [5.41, 5.74) is 1.47. The van der Waals surface area contributed by atoms with Gasteiger partial charge in [-0.25, -0.2) is 9.97 Å². The zero-order chi connectivity index (χ0) is 21.4. The van der Waals surface area contributed by atoms with Gasteiger partial charge in [0, 0.05) is 24.5 Å². The SMILES string of the molecule is FC(F)(F)c1ccc(CNc2nc(CN3CCOCC3)nc3sc4c(c23)CCC4)cc1. The number of hydrogen-bond acceptors (Lipinski definition) is 6. The molecule has 2 aromatic heterocycles. The summed E-state index contributed by atoms with van der Waals surface area (Å²) in [4.78, 5) is 14.3. The van der Waals surface area contributed by atoms with Gasteiger partial charge in [-0.05, 0) is 42.5 Å². The van der Waals surface area contributed by atoms with E-state index in [0.717, 1.165) is 71.9 Å². The smallest absolute Gasteiger partial charge is 0.379 e. The summed E-state index contributed by atoms with van der Waals surface area (Å²) >= 11 is 1.74. The maximum Gasteiger partial charge on any atom is 0.416 e. The van der Waals surface area contributed by atoms with Gasteiger partial charge in [0.2, 0.25) is 0 Å². The first-order valence-electron chi connectivity index (χ1n) is 10.5. The molecule has 5 rings (SSSR count). The Balaban J connectivity index is 1.41. The first-order valence-corrected chi connectivity index (χ1v) is 11.3. The van der Waals surface area contributed by atoms with Gasteiger partial charge in [0.15, 0.2) is 0 Å². The maximum absolute atomic E-state index is 12.8. The van der Waals surface area contributed by atoms with Gasteiger partial charge in [-0.2, -0.15) is 13.2 Å². The van der Waals surface area contributed by atoms with Crippen LogP contribution >= 0.6 is 11.3 Å². The zero-order valence-corrected chi connectivity index (χ0v) is 17.8. The number of halogens is 3. The number of morpholine rings is 1. The molecule has 1 N–H and O–H groups in total. The molecular formula is C22H23F3N4OS. The minimum Gasteiger partial charge on any atom is -0.379 e. The molecule has 0 bridgehead atoms. The van der Waals surface area contributed by atoms with Gasteiger partial charge in [-0.1, -0.05) is 12.1 Å². The van der Waals surface area contributed by atoms with E-state index in [4.69, 9.17) is 14.7 Å². The number of alkyl halides is 3. The first-order chi connectivity index (χ1) is 15.0. The highest BCUT2D eigenvalue weighted by Gasteiger charge is 2.30. The number of aromatic nitrogens is 2. The second kappa shape index (κ2) is 8.37. The Morgan fingerprint density at radius 1 is 1.06 bits per heavy atom. The average molecular weight is 449 g/mol. The van der Waals surface area contributed by atoms with Crippen LogP contribution < -0.4 is 5.32 Å². The average Bonchev–Trinajstić information content (AvgIpc) is 3.33. The number of benzene rings is 1. The fourth-order valence-electron chi connectivity index (χ4n) is 4.20. The van der Waals surface area contributed by atoms with Crippen molar-refractivity contribution >= 4 is 27.4 Å². The van der Waals surface area contributed by atoms with Crippen LogP contribution in [0.5, 0.6) is 0 Å². The van der Waals surface area contributed by atoms with Crippen molar-refractivity contribution in [2.45, 2.75) is 38.5 Å². The van der Waals surface area contributed by atoms with Crippen molar-refractivity contribution in [2.75, 3.05) is 31.6 Å². The number of anilines is 1. The quantitative estimate of drug-likeness (QED) is 0.616. The molecule has 164 valence electrons. The van der Waals surface area contributed by atoms with Gasteiger partial charge in [0.1, 0.15) is 16.5 Å². The Bertz CT molecular complexity index is 1080. The van der Waals surface area contributed by atoms with E-state index in [9.17, 15) is 13.2 Å². The van der Waals surface area contributed by atoms with Crippen LogP contribution in [0.25, 0.3) is 10.2 Å². The molecule has 1 fully saturated rings. The van der Waals surface area contributed by atoms with E-state index >= 15 is 0 Å². The fourth-order valence-corrected chi connectivity index (χ4v) is 5.48. The number of hydrogen-bond donors (Lipinski definition) is 1. The molecule has 1 aliphatic carbocycles. The molecule has 0 saturated carbocycles. The minimum absolute atomic E-state index is 0.409. The maximum atomic E-state index is 12.8. The third kappa shape index (κ3) is 4.40. The van der Waals surface area contributed by atoms with Gasteiger partial charge < -0.3 is 10.1 Å². The Hall–Kier alpha value is -2.23. The lowest BCUT2D eigenvalue weighted by Gasteiger charge is -2.25. The Morgan fingerprint density at radius 3 is 2.58 bits per heavy atom. The molecule has 0 amide bonds. The predicted octanol–water partition coefficient (Wildman–Crippen LogP) is 4.64. The molecule has 5 nitrogen and oxygen atoms in total. The van der Waals surface area contributed by atoms with Gasteiger partial charge in [-0.3, -0.25) is 4.90 Å². The Labute approximate surface area is 182 Å². The highest BCUT2D eigenvalue weighted by atomic mass is 32.1.